The Balaban J connectivity index is 1.88. The number of nitrogen functional groups attached to an aromatic ring is 1. The van der Waals surface area contributed by atoms with Gasteiger partial charge in [-0.05, 0) is 78.9 Å². The number of hydrogen-bond acceptors (Lipinski definition) is 3. The summed E-state index contributed by atoms with van der Waals surface area (Å²) in [6.07, 6.45) is 2.60. The molecule has 0 aromatic heterocycles. The topological polar surface area (TPSA) is 41.3 Å². The Morgan fingerprint density at radius 1 is 1.37 bits per heavy atom. The van der Waals surface area contributed by atoms with E-state index in [2.05, 4.69) is 39.1 Å². The maximum Gasteiger partial charge on any atom is 0.0488 e. The van der Waals surface area contributed by atoms with Gasteiger partial charge >= 0.3 is 0 Å². The summed E-state index contributed by atoms with van der Waals surface area (Å²) in [7, 11) is 0. The average Bonchev–Trinajstić information content (AvgIpc) is 2.42. The second-order valence-corrected chi connectivity index (χ2v) is 6.30. The highest BCUT2D eigenvalue weighted by Gasteiger charge is 2.18. The van der Waals surface area contributed by atoms with E-state index in [0.29, 0.717) is 0 Å². The van der Waals surface area contributed by atoms with Gasteiger partial charge in [-0.3, -0.25) is 0 Å². The lowest BCUT2D eigenvalue weighted by Crippen LogP contribution is -2.35. The van der Waals surface area contributed by atoms with E-state index >= 15 is 0 Å². The van der Waals surface area contributed by atoms with Crippen LogP contribution in [-0.4, -0.2) is 31.1 Å². The van der Waals surface area contributed by atoms with E-state index in [4.69, 9.17) is 5.73 Å². The zero-order valence-corrected chi connectivity index (χ0v) is 13.5. The number of benzene rings is 1. The molecule has 0 bridgehead atoms. The molecule has 2 rings (SSSR count). The fourth-order valence-corrected chi connectivity index (χ4v) is 3.09. The fraction of sp³-hybridized carbons (Fsp3) is 0.600. The summed E-state index contributed by atoms with van der Waals surface area (Å²) in [5.74, 6) is 0.785. The van der Waals surface area contributed by atoms with E-state index < -0.39 is 0 Å². The van der Waals surface area contributed by atoms with Gasteiger partial charge in [0.15, 0.2) is 0 Å². The molecule has 19 heavy (non-hydrogen) atoms. The molecule has 106 valence electrons. The van der Waals surface area contributed by atoms with Gasteiger partial charge in [-0.1, -0.05) is 6.92 Å². The van der Waals surface area contributed by atoms with Crippen molar-refractivity contribution in [1.82, 2.24) is 4.90 Å². The first-order valence-electron chi connectivity index (χ1n) is 7.12. The molecule has 0 saturated carbocycles. The molecule has 0 aliphatic carbocycles. The van der Waals surface area contributed by atoms with E-state index in [0.717, 1.165) is 33.9 Å². The number of likely N-dealkylation sites (tertiary alicyclic amines) is 1. The maximum absolute atomic E-state index is 5.90. The first kappa shape index (κ1) is 14.7. The maximum atomic E-state index is 5.90. The lowest BCUT2D eigenvalue weighted by atomic mass is 9.96. The van der Waals surface area contributed by atoms with Crippen molar-refractivity contribution in [3.05, 3.63) is 22.2 Å². The molecule has 1 aliphatic rings. The zero-order chi connectivity index (χ0) is 13.8. The van der Waals surface area contributed by atoms with Crippen LogP contribution >= 0.6 is 15.9 Å². The van der Waals surface area contributed by atoms with Gasteiger partial charge in [-0.15, -0.1) is 0 Å². The summed E-state index contributed by atoms with van der Waals surface area (Å²) in [6, 6.07) is 4.11. The van der Waals surface area contributed by atoms with Crippen LogP contribution in [0.25, 0.3) is 0 Å². The second-order valence-electron chi connectivity index (χ2n) is 5.45. The van der Waals surface area contributed by atoms with Crippen molar-refractivity contribution in [2.45, 2.75) is 26.7 Å². The summed E-state index contributed by atoms with van der Waals surface area (Å²) < 4.78 is 1.06. The first-order chi connectivity index (χ1) is 9.10. The molecule has 1 saturated heterocycles. The highest BCUT2D eigenvalue weighted by molar-refractivity contribution is 9.10. The molecular formula is C15H24BrN3. The van der Waals surface area contributed by atoms with E-state index in [1.165, 1.54) is 32.5 Å². The Kier molecular flexibility index (Phi) is 5.11. The molecule has 0 radical (unpaired) electrons. The molecule has 0 unspecified atom stereocenters. The predicted octanol–water partition coefficient (Wildman–Crippen LogP) is 3.48. The molecule has 0 amide bonds. The van der Waals surface area contributed by atoms with E-state index in [9.17, 15) is 0 Å². The third-order valence-corrected chi connectivity index (χ3v) is 4.75. The van der Waals surface area contributed by atoms with Crippen molar-refractivity contribution in [1.29, 1.82) is 0 Å². The van der Waals surface area contributed by atoms with E-state index in [1.54, 1.807) is 0 Å². The number of anilines is 2. The van der Waals surface area contributed by atoms with Crippen molar-refractivity contribution >= 4 is 27.3 Å². The molecule has 1 heterocycles. The van der Waals surface area contributed by atoms with Crippen molar-refractivity contribution in [3.8, 4) is 0 Å². The Bertz CT molecular complexity index is 426. The van der Waals surface area contributed by atoms with Gasteiger partial charge in [0.25, 0.3) is 0 Å². The SMILES string of the molecule is CCN1CCC(CNc2cc(C)c(N)cc2Br)CC1. The van der Waals surface area contributed by atoms with Gasteiger partial charge in [0.1, 0.15) is 0 Å². The number of rotatable bonds is 4. The smallest absolute Gasteiger partial charge is 0.0488 e. The standard InChI is InChI=1S/C15H24BrN3/c1-3-19-6-4-12(5-7-19)10-18-15-8-11(2)14(17)9-13(15)16/h8-9,12,18H,3-7,10,17H2,1-2H3. The monoisotopic (exact) mass is 325 g/mol. The number of nitrogens with two attached hydrogens (primary N) is 1. The van der Waals surface area contributed by atoms with Gasteiger partial charge in [-0.25, -0.2) is 0 Å². The van der Waals surface area contributed by atoms with Gasteiger partial charge in [0.2, 0.25) is 0 Å². The molecule has 0 atom stereocenters. The van der Waals surface area contributed by atoms with Crippen LogP contribution < -0.4 is 11.1 Å². The quantitative estimate of drug-likeness (QED) is 0.833. The Labute approximate surface area is 124 Å². The lowest BCUT2D eigenvalue weighted by molar-refractivity contribution is 0.198. The number of hydrogen-bond donors (Lipinski definition) is 2. The summed E-state index contributed by atoms with van der Waals surface area (Å²) in [5.41, 5.74) is 9.03. The zero-order valence-electron chi connectivity index (χ0n) is 11.9. The molecule has 1 aromatic carbocycles. The normalized spacial score (nSPS) is 17.6. The molecule has 1 aliphatic heterocycles. The number of halogens is 1. The minimum atomic E-state index is 0.785. The van der Waals surface area contributed by atoms with Crippen molar-refractivity contribution in [2.24, 2.45) is 5.92 Å². The minimum Gasteiger partial charge on any atom is -0.398 e. The largest absolute Gasteiger partial charge is 0.398 e. The molecule has 3 nitrogen and oxygen atoms in total. The fourth-order valence-electron chi connectivity index (χ4n) is 2.59. The number of nitrogens with zero attached hydrogens (tertiary/aromatic N) is 1. The van der Waals surface area contributed by atoms with Gasteiger partial charge < -0.3 is 16.0 Å². The summed E-state index contributed by atoms with van der Waals surface area (Å²) in [6.45, 7) is 9.01. The highest BCUT2D eigenvalue weighted by atomic mass is 79.9. The Morgan fingerprint density at radius 3 is 2.68 bits per heavy atom. The summed E-state index contributed by atoms with van der Waals surface area (Å²) in [4.78, 5) is 2.53. The van der Waals surface area contributed by atoms with Crippen LogP contribution in [0.1, 0.15) is 25.3 Å². The van der Waals surface area contributed by atoms with Crippen molar-refractivity contribution < 1.29 is 0 Å². The molecule has 3 N–H and O–H groups in total. The van der Waals surface area contributed by atoms with Crippen LogP contribution in [0, 0.1) is 12.8 Å². The van der Waals surface area contributed by atoms with Gasteiger partial charge in [-0.2, -0.15) is 0 Å². The van der Waals surface area contributed by atoms with Crippen LogP contribution in [0.4, 0.5) is 11.4 Å². The van der Waals surface area contributed by atoms with Crippen LogP contribution in [0.2, 0.25) is 0 Å². The second kappa shape index (κ2) is 6.62. The average molecular weight is 326 g/mol. The van der Waals surface area contributed by atoms with Gasteiger partial charge in [0, 0.05) is 22.4 Å². The number of nitrogens with one attached hydrogen (secondary N) is 1. The molecule has 1 fully saturated rings. The third-order valence-electron chi connectivity index (χ3n) is 4.09. The van der Waals surface area contributed by atoms with Crippen LogP contribution in [0.3, 0.4) is 0 Å². The van der Waals surface area contributed by atoms with E-state index in [1.807, 2.05) is 13.0 Å². The molecule has 0 spiro atoms. The van der Waals surface area contributed by atoms with Crippen LogP contribution in [0.15, 0.2) is 16.6 Å². The highest BCUT2D eigenvalue weighted by Crippen LogP contribution is 2.28. The molecular weight excluding hydrogens is 302 g/mol. The van der Waals surface area contributed by atoms with Crippen molar-refractivity contribution in [2.75, 3.05) is 37.2 Å². The molecule has 1 aromatic rings. The number of aryl methyl sites for hydroxylation is 1. The minimum absolute atomic E-state index is 0.785. The summed E-state index contributed by atoms with van der Waals surface area (Å²) in [5, 5.41) is 3.56. The van der Waals surface area contributed by atoms with Gasteiger partial charge in [0.05, 0.1) is 0 Å². The third kappa shape index (κ3) is 3.86. The van der Waals surface area contributed by atoms with Crippen LogP contribution in [-0.2, 0) is 0 Å². The number of piperidine rings is 1. The van der Waals surface area contributed by atoms with Crippen LogP contribution in [0.5, 0.6) is 0 Å². The summed E-state index contributed by atoms with van der Waals surface area (Å²) >= 11 is 3.58. The predicted molar refractivity (Wildman–Crippen MR) is 86.6 cm³/mol. The van der Waals surface area contributed by atoms with E-state index in [-0.39, 0.29) is 0 Å². The first-order valence-corrected chi connectivity index (χ1v) is 7.91. The Hall–Kier alpha value is -0.740. The van der Waals surface area contributed by atoms with Crippen molar-refractivity contribution in [3.63, 3.8) is 0 Å². The molecule has 4 heteroatoms. The Morgan fingerprint density at radius 2 is 2.05 bits per heavy atom. The lowest BCUT2D eigenvalue weighted by Gasteiger charge is -2.31.